The van der Waals surface area contributed by atoms with Crippen molar-refractivity contribution in [3.05, 3.63) is 12.2 Å². The fourth-order valence-electron chi connectivity index (χ4n) is 3.24. The maximum atomic E-state index is 11.8. The molecule has 1 unspecified atom stereocenters. The summed E-state index contributed by atoms with van der Waals surface area (Å²) in [6.07, 6.45) is 19.5. The quantitative estimate of drug-likeness (QED) is 0.0833. The zero-order valence-corrected chi connectivity index (χ0v) is 23.2. The maximum absolute atomic E-state index is 11.8. The van der Waals surface area contributed by atoms with Crippen LogP contribution in [0, 0.1) is 0 Å². The Morgan fingerprint density at radius 3 is 2.18 bits per heavy atom. The van der Waals surface area contributed by atoms with Gasteiger partial charge in [0.1, 0.15) is 0 Å². The van der Waals surface area contributed by atoms with Crippen LogP contribution in [-0.2, 0) is 19.4 Å². The number of rotatable bonds is 20. The van der Waals surface area contributed by atoms with Gasteiger partial charge in [-0.1, -0.05) is 64.0 Å². The van der Waals surface area contributed by atoms with Gasteiger partial charge in [0.25, 0.3) is 0 Å². The normalized spacial score (nSPS) is 12.9. The Labute approximate surface area is 209 Å². The van der Waals surface area contributed by atoms with Crippen molar-refractivity contribution >= 4 is 16.3 Å². The van der Waals surface area contributed by atoms with E-state index in [4.69, 9.17) is 0 Å². The molecule has 0 bridgehead atoms. The van der Waals surface area contributed by atoms with E-state index in [0.29, 0.717) is 6.42 Å². The van der Waals surface area contributed by atoms with Gasteiger partial charge in [0.05, 0.1) is 40.9 Å². The van der Waals surface area contributed by atoms with E-state index in [1.54, 1.807) is 0 Å². The van der Waals surface area contributed by atoms with E-state index in [2.05, 4.69) is 49.7 Å². The summed E-state index contributed by atoms with van der Waals surface area (Å²) < 4.78 is 32.0. The van der Waals surface area contributed by atoms with Gasteiger partial charge in [0.15, 0.2) is 0 Å². The Morgan fingerprint density at radius 1 is 1.00 bits per heavy atom. The van der Waals surface area contributed by atoms with Crippen molar-refractivity contribution in [3.8, 4) is 0 Å². The van der Waals surface area contributed by atoms with Gasteiger partial charge in [0, 0.05) is 19.4 Å². The number of nitrogens with one attached hydrogen (secondary N) is 1. The predicted octanol–water partition coefficient (Wildman–Crippen LogP) is 4.30. The molecule has 9 heteroatoms. The van der Waals surface area contributed by atoms with Gasteiger partial charge in [-0.25, -0.2) is 8.42 Å². The van der Waals surface area contributed by atoms with Crippen LogP contribution in [0.3, 0.4) is 0 Å². The van der Waals surface area contributed by atoms with Gasteiger partial charge in [0.2, 0.25) is 16.3 Å². The van der Waals surface area contributed by atoms with Crippen LogP contribution < -0.4 is 5.32 Å². The lowest BCUT2D eigenvalue weighted by atomic mass is 10.1. The molecule has 0 radical (unpaired) electrons. The zero-order valence-electron chi connectivity index (χ0n) is 22.4. The molecule has 2 N–H and O–H groups in total. The van der Waals surface area contributed by atoms with E-state index in [-0.39, 0.29) is 12.0 Å². The average molecular weight is 509 g/mol. The SMILES string of the molecule is CCCCCCC(O)CC=CCCCCCCCC(=O)NCCC[N+](C)(C)C.COS(=O)(=O)[O-]. The number of aliphatic hydroxyl groups excluding tert-OH is 1. The zero-order chi connectivity index (χ0) is 26.3. The number of aliphatic hydroxyl groups is 1. The van der Waals surface area contributed by atoms with Crippen molar-refractivity contribution in [2.24, 2.45) is 0 Å². The molecule has 0 heterocycles. The molecule has 204 valence electrons. The first-order valence-corrected chi connectivity index (χ1v) is 14.2. The molecule has 0 aliphatic carbocycles. The largest absolute Gasteiger partial charge is 0.726 e. The van der Waals surface area contributed by atoms with Crippen molar-refractivity contribution in [2.75, 3.05) is 41.3 Å². The lowest BCUT2D eigenvalue weighted by Crippen LogP contribution is -2.37. The van der Waals surface area contributed by atoms with Crippen molar-refractivity contribution < 1.29 is 31.5 Å². The second kappa shape index (κ2) is 22.5. The van der Waals surface area contributed by atoms with Crippen LogP contribution >= 0.6 is 0 Å². The van der Waals surface area contributed by atoms with Crippen LogP contribution in [0.25, 0.3) is 0 Å². The Bertz CT molecular complexity index is 603. The number of hydrogen-bond acceptors (Lipinski definition) is 6. The molecule has 0 saturated heterocycles. The van der Waals surface area contributed by atoms with E-state index >= 15 is 0 Å². The summed E-state index contributed by atoms with van der Waals surface area (Å²) in [5, 5.41) is 12.9. The molecule has 34 heavy (non-hydrogen) atoms. The Morgan fingerprint density at radius 2 is 1.59 bits per heavy atom. The highest BCUT2D eigenvalue weighted by atomic mass is 32.3. The first-order valence-electron chi connectivity index (χ1n) is 12.8. The van der Waals surface area contributed by atoms with Gasteiger partial charge in [-0.15, -0.1) is 0 Å². The summed E-state index contributed by atoms with van der Waals surface area (Å²) in [5.41, 5.74) is 0. The molecule has 1 amide bonds. The topological polar surface area (TPSA) is 116 Å². The molecular formula is C25H52N2O6S. The van der Waals surface area contributed by atoms with E-state index in [1.165, 1.54) is 38.5 Å². The van der Waals surface area contributed by atoms with E-state index in [9.17, 15) is 22.9 Å². The highest BCUT2D eigenvalue weighted by Gasteiger charge is 2.06. The van der Waals surface area contributed by atoms with Crippen molar-refractivity contribution in [3.63, 3.8) is 0 Å². The summed E-state index contributed by atoms with van der Waals surface area (Å²) in [6.45, 7) is 4.10. The van der Waals surface area contributed by atoms with E-state index in [1.807, 2.05) is 0 Å². The second-order valence-corrected chi connectivity index (χ2v) is 11.0. The fraction of sp³-hybridized carbons (Fsp3) is 0.880. The van der Waals surface area contributed by atoms with Crippen LogP contribution in [0.1, 0.15) is 96.8 Å². The minimum Gasteiger partial charge on any atom is -0.726 e. The van der Waals surface area contributed by atoms with Crippen molar-refractivity contribution in [1.82, 2.24) is 5.32 Å². The van der Waals surface area contributed by atoms with Crippen molar-refractivity contribution in [1.29, 1.82) is 0 Å². The highest BCUT2D eigenvalue weighted by Crippen LogP contribution is 2.10. The number of allylic oxidation sites excluding steroid dienone is 1. The second-order valence-electron chi connectivity index (χ2n) is 9.81. The van der Waals surface area contributed by atoms with Crippen LogP contribution in [0.4, 0.5) is 0 Å². The number of nitrogens with zero attached hydrogens (tertiary/aromatic N) is 1. The molecule has 0 aliphatic heterocycles. The number of amides is 1. The molecule has 1 atom stereocenters. The fourth-order valence-corrected chi connectivity index (χ4v) is 3.24. The average Bonchev–Trinajstić information content (AvgIpc) is 2.75. The first-order chi connectivity index (χ1) is 15.9. The lowest BCUT2D eigenvalue weighted by molar-refractivity contribution is -0.870. The Balaban J connectivity index is 0. The summed E-state index contributed by atoms with van der Waals surface area (Å²) in [5.74, 6) is 0.206. The third-order valence-electron chi connectivity index (χ3n) is 5.27. The molecule has 0 aromatic carbocycles. The highest BCUT2D eigenvalue weighted by molar-refractivity contribution is 7.80. The number of quaternary nitrogens is 1. The van der Waals surface area contributed by atoms with Crippen LogP contribution in [0.15, 0.2) is 12.2 Å². The summed E-state index contributed by atoms with van der Waals surface area (Å²) in [6, 6.07) is 0. The van der Waals surface area contributed by atoms with E-state index in [0.717, 1.165) is 69.6 Å². The minimum absolute atomic E-state index is 0.160. The lowest BCUT2D eigenvalue weighted by Gasteiger charge is -2.23. The summed E-state index contributed by atoms with van der Waals surface area (Å²) in [7, 11) is 2.93. The molecule has 0 spiro atoms. The van der Waals surface area contributed by atoms with Crippen LogP contribution in [0.5, 0.6) is 0 Å². The monoisotopic (exact) mass is 508 g/mol. The molecule has 0 aromatic rings. The number of unbranched alkanes of at least 4 members (excludes halogenated alkanes) is 8. The third-order valence-corrected chi connectivity index (χ3v) is 5.68. The number of carbonyl (C=O) groups excluding carboxylic acids is 1. The molecule has 0 aromatic heterocycles. The van der Waals surface area contributed by atoms with Gasteiger partial charge in [-0.05, 0) is 32.1 Å². The smallest absolute Gasteiger partial charge is 0.219 e. The molecule has 0 rings (SSSR count). The first kappa shape index (κ1) is 35.2. The summed E-state index contributed by atoms with van der Waals surface area (Å²) >= 11 is 0. The molecule has 0 fully saturated rings. The molecular weight excluding hydrogens is 456 g/mol. The van der Waals surface area contributed by atoms with Gasteiger partial charge >= 0.3 is 0 Å². The number of hydrogen-bond donors (Lipinski definition) is 2. The third kappa shape index (κ3) is 33.2. The van der Waals surface area contributed by atoms with Gasteiger partial charge in [-0.2, -0.15) is 0 Å². The van der Waals surface area contributed by atoms with E-state index < -0.39 is 10.4 Å². The van der Waals surface area contributed by atoms with Crippen molar-refractivity contribution in [2.45, 2.75) is 103 Å². The molecule has 0 aliphatic rings. The standard InChI is InChI=1S/C24H48N2O2.CH4O4S/c1-5-6-7-14-18-23(27)19-15-12-10-8-9-11-13-16-20-24(28)25-21-17-22-26(2,3)4;1-5-6(2,3)4/h12,15,23,27H,5-11,13-14,16-22H2,1-4H3;1H3,(H,2,3,4). The number of carbonyl (C=O) groups is 1. The predicted molar refractivity (Wildman–Crippen MR) is 138 cm³/mol. The minimum atomic E-state index is -4.41. The molecule has 8 nitrogen and oxygen atoms in total. The van der Waals surface area contributed by atoms with Crippen LogP contribution in [0.2, 0.25) is 0 Å². The Hall–Kier alpha value is -1.00. The maximum Gasteiger partial charge on any atom is 0.219 e. The van der Waals surface area contributed by atoms with Gasteiger partial charge in [-0.3, -0.25) is 8.98 Å². The molecule has 0 saturated carbocycles. The summed E-state index contributed by atoms with van der Waals surface area (Å²) in [4.78, 5) is 11.8. The van der Waals surface area contributed by atoms with Crippen LogP contribution in [-0.4, -0.2) is 75.9 Å². The Kier molecular flexibility index (Phi) is 23.2. The van der Waals surface area contributed by atoms with Gasteiger partial charge < -0.3 is 19.5 Å².